The molecule has 0 saturated carbocycles. The van der Waals surface area contributed by atoms with Crippen LogP contribution in [0, 0.1) is 0 Å². The zero-order valence-corrected chi connectivity index (χ0v) is 20.4. The number of ether oxygens (including phenoxy) is 1. The van der Waals surface area contributed by atoms with Crippen LogP contribution in [-0.4, -0.2) is 64.4 Å². The topological polar surface area (TPSA) is 83.0 Å². The molecule has 1 aliphatic rings. The van der Waals surface area contributed by atoms with E-state index in [1.807, 2.05) is 24.3 Å². The minimum absolute atomic E-state index is 0.110. The fourth-order valence-corrected chi connectivity index (χ4v) is 4.21. The largest absolute Gasteiger partial charge is 0.507 e. The first-order valence-corrected chi connectivity index (χ1v) is 12.2. The Morgan fingerprint density at radius 1 is 1.03 bits per heavy atom. The summed E-state index contributed by atoms with van der Waals surface area (Å²) in [5.41, 5.74) is 1.33. The van der Waals surface area contributed by atoms with Gasteiger partial charge >= 0.3 is 0 Å². The van der Waals surface area contributed by atoms with Gasteiger partial charge in [-0.2, -0.15) is 0 Å². The van der Waals surface area contributed by atoms with E-state index in [-0.39, 0.29) is 11.3 Å². The number of carbonyl (C=O) groups is 2. The van der Waals surface area contributed by atoms with Gasteiger partial charge in [-0.05, 0) is 62.3 Å². The second-order valence-electron chi connectivity index (χ2n) is 8.38. The number of hydrogen-bond donors (Lipinski definition) is 1. The van der Waals surface area contributed by atoms with Gasteiger partial charge in [0.1, 0.15) is 11.5 Å². The molecule has 7 heteroatoms. The maximum Gasteiger partial charge on any atom is 0.295 e. The molecule has 1 atom stereocenters. The van der Waals surface area contributed by atoms with E-state index in [2.05, 4.69) is 30.7 Å². The van der Waals surface area contributed by atoms with Crippen molar-refractivity contribution in [2.24, 2.45) is 0 Å². The Labute approximate surface area is 202 Å². The van der Waals surface area contributed by atoms with Crippen molar-refractivity contribution < 1.29 is 19.4 Å². The van der Waals surface area contributed by atoms with E-state index in [1.54, 1.807) is 29.4 Å². The van der Waals surface area contributed by atoms with Crippen LogP contribution in [0.4, 0.5) is 0 Å². The molecule has 0 bridgehead atoms. The molecule has 1 amide bonds. The maximum atomic E-state index is 13.1. The number of amides is 1. The van der Waals surface area contributed by atoms with E-state index in [0.29, 0.717) is 18.7 Å². The third kappa shape index (κ3) is 5.83. The molecule has 0 aliphatic carbocycles. The third-order valence-electron chi connectivity index (χ3n) is 6.22. The predicted molar refractivity (Wildman–Crippen MR) is 132 cm³/mol. The Hall–Kier alpha value is -3.19. The Morgan fingerprint density at radius 2 is 1.71 bits per heavy atom. The molecule has 2 aromatic rings. The number of ketones is 1. The first kappa shape index (κ1) is 25.4. The molecule has 2 heterocycles. The Bertz CT molecular complexity index is 985. The number of aliphatic hydroxyl groups is 1. The van der Waals surface area contributed by atoms with Crippen LogP contribution in [0.25, 0.3) is 5.76 Å². The van der Waals surface area contributed by atoms with Crippen LogP contribution in [0.5, 0.6) is 5.75 Å². The Balaban J connectivity index is 1.95. The van der Waals surface area contributed by atoms with Crippen LogP contribution >= 0.6 is 0 Å². The second kappa shape index (κ2) is 12.3. The summed E-state index contributed by atoms with van der Waals surface area (Å²) in [5.74, 6) is -0.682. The highest BCUT2D eigenvalue weighted by molar-refractivity contribution is 6.46. The van der Waals surface area contributed by atoms with Gasteiger partial charge < -0.3 is 19.6 Å². The lowest BCUT2D eigenvalue weighted by Crippen LogP contribution is -2.33. The summed E-state index contributed by atoms with van der Waals surface area (Å²) < 4.78 is 5.77. The van der Waals surface area contributed by atoms with Gasteiger partial charge in [-0.1, -0.05) is 39.3 Å². The standard InChI is InChI=1S/C27H35N3O4/c1-4-7-19-34-22-11-9-20(10-12-22)24-23(25(31)21-13-15-28-16-14-21)26(32)27(33)30(24)18-8-17-29(5-2)6-3/h9-16,24,31H,4-8,17-19H2,1-3H3/b25-23+. The van der Waals surface area contributed by atoms with Crippen molar-refractivity contribution in [2.45, 2.75) is 46.1 Å². The summed E-state index contributed by atoms with van der Waals surface area (Å²) in [5, 5.41) is 11.1. The SMILES string of the molecule is CCCCOc1ccc(C2/C(=C(\O)c3ccncc3)C(=O)C(=O)N2CCCN(CC)CC)cc1. The molecule has 1 unspecified atom stereocenters. The van der Waals surface area contributed by atoms with Crippen molar-refractivity contribution in [3.8, 4) is 5.75 Å². The fraction of sp³-hybridized carbons (Fsp3) is 0.444. The number of nitrogens with zero attached hydrogens (tertiary/aromatic N) is 3. The molecule has 1 aliphatic heterocycles. The molecule has 7 nitrogen and oxygen atoms in total. The first-order valence-electron chi connectivity index (χ1n) is 12.2. The van der Waals surface area contributed by atoms with E-state index in [9.17, 15) is 14.7 Å². The zero-order valence-electron chi connectivity index (χ0n) is 20.4. The van der Waals surface area contributed by atoms with Crippen molar-refractivity contribution >= 4 is 17.4 Å². The zero-order chi connectivity index (χ0) is 24.5. The van der Waals surface area contributed by atoms with E-state index in [1.165, 1.54) is 0 Å². The molecular formula is C27H35N3O4. The van der Waals surface area contributed by atoms with E-state index >= 15 is 0 Å². The van der Waals surface area contributed by atoms with Gasteiger partial charge in [-0.15, -0.1) is 0 Å². The normalized spacial score (nSPS) is 17.5. The van der Waals surface area contributed by atoms with Gasteiger partial charge in [0, 0.05) is 24.5 Å². The maximum absolute atomic E-state index is 13.1. The van der Waals surface area contributed by atoms with Gasteiger partial charge in [-0.3, -0.25) is 14.6 Å². The predicted octanol–water partition coefficient (Wildman–Crippen LogP) is 4.41. The minimum Gasteiger partial charge on any atom is -0.507 e. The number of hydrogen-bond acceptors (Lipinski definition) is 6. The van der Waals surface area contributed by atoms with Gasteiger partial charge in [0.15, 0.2) is 0 Å². The van der Waals surface area contributed by atoms with E-state index < -0.39 is 17.7 Å². The molecule has 0 radical (unpaired) electrons. The number of benzene rings is 1. The van der Waals surface area contributed by atoms with Gasteiger partial charge in [0.2, 0.25) is 0 Å². The van der Waals surface area contributed by atoms with Crippen molar-refractivity contribution in [1.29, 1.82) is 0 Å². The summed E-state index contributed by atoms with van der Waals surface area (Å²) in [7, 11) is 0. The lowest BCUT2D eigenvalue weighted by molar-refractivity contribution is -0.140. The summed E-state index contributed by atoms with van der Waals surface area (Å²) in [6, 6.07) is 10.1. The van der Waals surface area contributed by atoms with Crippen molar-refractivity contribution in [1.82, 2.24) is 14.8 Å². The van der Waals surface area contributed by atoms with Crippen LogP contribution in [0.2, 0.25) is 0 Å². The number of unbranched alkanes of at least 4 members (excludes halogenated alkanes) is 1. The fourth-order valence-electron chi connectivity index (χ4n) is 4.21. The average molecular weight is 466 g/mol. The number of rotatable bonds is 12. The van der Waals surface area contributed by atoms with Crippen molar-refractivity contribution in [3.63, 3.8) is 0 Å². The van der Waals surface area contributed by atoms with Gasteiger partial charge in [-0.25, -0.2) is 0 Å². The third-order valence-corrected chi connectivity index (χ3v) is 6.22. The second-order valence-corrected chi connectivity index (χ2v) is 8.38. The number of Topliss-reactive ketones (excluding diaryl/α,β-unsaturated/α-hetero) is 1. The minimum atomic E-state index is -0.662. The van der Waals surface area contributed by atoms with Crippen molar-refractivity contribution in [3.05, 3.63) is 65.5 Å². The van der Waals surface area contributed by atoms with Crippen LogP contribution in [0.3, 0.4) is 0 Å². The molecule has 1 fully saturated rings. The van der Waals surface area contributed by atoms with Crippen LogP contribution in [0.15, 0.2) is 54.4 Å². The molecule has 1 aromatic heterocycles. The summed E-state index contributed by atoms with van der Waals surface area (Å²) in [6.07, 6.45) is 5.85. The van der Waals surface area contributed by atoms with Gasteiger partial charge in [0.25, 0.3) is 11.7 Å². The summed E-state index contributed by atoms with van der Waals surface area (Å²) in [6.45, 7) is 10.1. The number of aromatic nitrogens is 1. The van der Waals surface area contributed by atoms with E-state index in [0.717, 1.165) is 50.2 Å². The van der Waals surface area contributed by atoms with Gasteiger partial charge in [0.05, 0.1) is 18.2 Å². The first-order chi connectivity index (χ1) is 16.5. The van der Waals surface area contributed by atoms with Crippen LogP contribution < -0.4 is 4.74 Å². The highest BCUT2D eigenvalue weighted by Crippen LogP contribution is 2.39. The highest BCUT2D eigenvalue weighted by atomic mass is 16.5. The van der Waals surface area contributed by atoms with Crippen LogP contribution in [0.1, 0.15) is 57.2 Å². The average Bonchev–Trinajstić information content (AvgIpc) is 3.12. The number of aliphatic hydroxyl groups excluding tert-OH is 1. The quantitative estimate of drug-likeness (QED) is 0.216. The molecule has 1 N–H and O–H groups in total. The summed E-state index contributed by atoms with van der Waals surface area (Å²) in [4.78, 5) is 34.0. The smallest absolute Gasteiger partial charge is 0.295 e. The van der Waals surface area contributed by atoms with E-state index in [4.69, 9.17) is 4.74 Å². The molecular weight excluding hydrogens is 430 g/mol. The molecule has 182 valence electrons. The number of likely N-dealkylation sites (tertiary alicyclic amines) is 1. The monoisotopic (exact) mass is 465 g/mol. The molecule has 1 saturated heterocycles. The van der Waals surface area contributed by atoms with Crippen molar-refractivity contribution in [2.75, 3.05) is 32.8 Å². The number of carbonyl (C=O) groups excluding carboxylic acids is 2. The lowest BCUT2D eigenvalue weighted by atomic mass is 9.95. The summed E-state index contributed by atoms with van der Waals surface area (Å²) >= 11 is 0. The Morgan fingerprint density at radius 3 is 2.32 bits per heavy atom. The molecule has 3 rings (SSSR count). The molecule has 1 aromatic carbocycles. The number of pyridine rings is 1. The lowest BCUT2D eigenvalue weighted by Gasteiger charge is -2.27. The highest BCUT2D eigenvalue weighted by Gasteiger charge is 2.45. The molecule has 0 spiro atoms. The Kier molecular flexibility index (Phi) is 9.22. The molecule has 34 heavy (non-hydrogen) atoms. The van der Waals surface area contributed by atoms with Crippen LogP contribution in [-0.2, 0) is 9.59 Å².